The Morgan fingerprint density at radius 2 is 2.27 bits per heavy atom. The summed E-state index contributed by atoms with van der Waals surface area (Å²) in [6.07, 6.45) is 3.35. The monoisotopic (exact) mass is 146 g/mol. The van der Waals surface area contributed by atoms with Crippen LogP contribution in [0.2, 0.25) is 0 Å². The van der Waals surface area contributed by atoms with Crippen molar-refractivity contribution in [2.45, 2.75) is 6.04 Å². The van der Waals surface area contributed by atoms with Gasteiger partial charge in [-0.15, -0.1) is 0 Å². The first-order valence-corrected chi connectivity index (χ1v) is 3.35. The summed E-state index contributed by atoms with van der Waals surface area (Å²) in [7, 11) is 0. The summed E-state index contributed by atoms with van der Waals surface area (Å²) in [5.74, 6) is 0.652. The van der Waals surface area contributed by atoms with Crippen LogP contribution in [-0.2, 0) is 0 Å². The SMILES string of the molecule is N#CC1CN1c1ncccn1. The van der Waals surface area contributed by atoms with Crippen molar-refractivity contribution in [3.05, 3.63) is 18.5 Å². The van der Waals surface area contributed by atoms with E-state index in [1.165, 1.54) is 0 Å². The van der Waals surface area contributed by atoms with Gasteiger partial charge in [0.2, 0.25) is 5.95 Å². The second-order valence-electron chi connectivity index (χ2n) is 2.35. The predicted molar refractivity (Wildman–Crippen MR) is 38.8 cm³/mol. The van der Waals surface area contributed by atoms with E-state index in [0.717, 1.165) is 6.54 Å². The Kier molecular flexibility index (Phi) is 1.22. The summed E-state index contributed by atoms with van der Waals surface area (Å²) in [5, 5.41) is 8.49. The lowest BCUT2D eigenvalue weighted by Crippen LogP contribution is -2.00. The van der Waals surface area contributed by atoms with Crippen LogP contribution >= 0.6 is 0 Å². The molecular weight excluding hydrogens is 140 g/mol. The molecule has 0 amide bonds. The minimum Gasteiger partial charge on any atom is -0.320 e. The molecule has 0 bridgehead atoms. The highest BCUT2D eigenvalue weighted by Gasteiger charge is 2.35. The van der Waals surface area contributed by atoms with E-state index in [9.17, 15) is 0 Å². The summed E-state index contributed by atoms with van der Waals surface area (Å²) < 4.78 is 0. The van der Waals surface area contributed by atoms with E-state index >= 15 is 0 Å². The van der Waals surface area contributed by atoms with E-state index in [1.54, 1.807) is 18.5 Å². The maximum Gasteiger partial charge on any atom is 0.226 e. The molecule has 54 valence electrons. The summed E-state index contributed by atoms with van der Waals surface area (Å²) in [6, 6.07) is 3.89. The molecule has 2 rings (SSSR count). The van der Waals surface area contributed by atoms with Gasteiger partial charge in [0.15, 0.2) is 0 Å². The quantitative estimate of drug-likeness (QED) is 0.530. The van der Waals surface area contributed by atoms with Gasteiger partial charge >= 0.3 is 0 Å². The van der Waals surface area contributed by atoms with Crippen molar-refractivity contribution in [2.24, 2.45) is 0 Å². The normalized spacial score (nSPS) is 21.0. The first kappa shape index (κ1) is 6.10. The van der Waals surface area contributed by atoms with Crippen LogP contribution in [0.1, 0.15) is 0 Å². The molecule has 0 spiro atoms. The van der Waals surface area contributed by atoms with Crippen LogP contribution in [-0.4, -0.2) is 22.6 Å². The van der Waals surface area contributed by atoms with Crippen molar-refractivity contribution in [1.29, 1.82) is 5.26 Å². The topological polar surface area (TPSA) is 52.6 Å². The van der Waals surface area contributed by atoms with Gasteiger partial charge in [0.1, 0.15) is 6.04 Å². The molecule has 0 aliphatic carbocycles. The molecule has 0 aromatic carbocycles. The van der Waals surface area contributed by atoms with Crippen LogP contribution in [0.3, 0.4) is 0 Å². The van der Waals surface area contributed by atoms with Crippen molar-refractivity contribution < 1.29 is 0 Å². The second-order valence-corrected chi connectivity index (χ2v) is 2.35. The third kappa shape index (κ3) is 1.01. The lowest BCUT2D eigenvalue weighted by atomic mass is 10.5. The molecular formula is C7H6N4. The average Bonchev–Trinajstić information content (AvgIpc) is 2.85. The van der Waals surface area contributed by atoms with Gasteiger partial charge in [0, 0.05) is 12.4 Å². The molecule has 0 radical (unpaired) electrons. The van der Waals surface area contributed by atoms with E-state index in [2.05, 4.69) is 16.0 Å². The van der Waals surface area contributed by atoms with E-state index in [4.69, 9.17) is 5.26 Å². The molecule has 2 heterocycles. The minimum atomic E-state index is -0.00241. The lowest BCUT2D eigenvalue weighted by molar-refractivity contribution is 1.08. The Labute approximate surface area is 64.1 Å². The van der Waals surface area contributed by atoms with Crippen LogP contribution in [0.25, 0.3) is 0 Å². The number of aromatic nitrogens is 2. The van der Waals surface area contributed by atoms with Crippen LogP contribution in [0.15, 0.2) is 18.5 Å². The van der Waals surface area contributed by atoms with Crippen molar-refractivity contribution in [3.8, 4) is 6.07 Å². The highest BCUT2D eigenvalue weighted by molar-refractivity contribution is 5.45. The number of anilines is 1. The molecule has 4 heteroatoms. The lowest BCUT2D eigenvalue weighted by Gasteiger charge is -1.96. The molecule has 1 fully saturated rings. The van der Waals surface area contributed by atoms with Crippen LogP contribution in [0, 0.1) is 11.3 Å². The number of nitriles is 1. The zero-order valence-electron chi connectivity index (χ0n) is 5.81. The number of hydrogen-bond acceptors (Lipinski definition) is 4. The van der Waals surface area contributed by atoms with E-state index in [-0.39, 0.29) is 6.04 Å². The largest absolute Gasteiger partial charge is 0.320 e. The van der Waals surface area contributed by atoms with Gasteiger partial charge in [0.05, 0.1) is 12.6 Å². The fourth-order valence-electron chi connectivity index (χ4n) is 0.910. The fraction of sp³-hybridized carbons (Fsp3) is 0.286. The van der Waals surface area contributed by atoms with Crippen LogP contribution in [0.5, 0.6) is 0 Å². The van der Waals surface area contributed by atoms with Gasteiger partial charge in [-0.3, -0.25) is 0 Å². The molecule has 1 unspecified atom stereocenters. The number of rotatable bonds is 1. The maximum atomic E-state index is 8.49. The third-order valence-electron chi connectivity index (χ3n) is 1.57. The Balaban J connectivity index is 2.16. The van der Waals surface area contributed by atoms with E-state index in [1.807, 2.05) is 4.90 Å². The highest BCUT2D eigenvalue weighted by Crippen LogP contribution is 2.21. The molecule has 0 N–H and O–H groups in total. The molecule has 4 nitrogen and oxygen atoms in total. The summed E-state index contributed by atoms with van der Waals surface area (Å²) >= 11 is 0. The molecule has 1 aliphatic heterocycles. The molecule has 1 aliphatic rings. The highest BCUT2D eigenvalue weighted by atomic mass is 15.4. The fourth-order valence-corrected chi connectivity index (χ4v) is 0.910. The Morgan fingerprint density at radius 3 is 2.82 bits per heavy atom. The van der Waals surface area contributed by atoms with Crippen LogP contribution < -0.4 is 4.90 Å². The molecule has 1 atom stereocenters. The third-order valence-corrected chi connectivity index (χ3v) is 1.57. The molecule has 1 aromatic rings. The van der Waals surface area contributed by atoms with Gasteiger partial charge in [-0.25, -0.2) is 9.97 Å². The smallest absolute Gasteiger partial charge is 0.226 e. The number of nitrogens with zero attached hydrogens (tertiary/aromatic N) is 4. The van der Waals surface area contributed by atoms with Crippen molar-refractivity contribution in [1.82, 2.24) is 9.97 Å². The zero-order valence-corrected chi connectivity index (χ0v) is 5.81. The van der Waals surface area contributed by atoms with E-state index in [0.29, 0.717) is 5.95 Å². The van der Waals surface area contributed by atoms with Crippen molar-refractivity contribution in [2.75, 3.05) is 11.4 Å². The molecule has 1 saturated heterocycles. The van der Waals surface area contributed by atoms with Crippen LogP contribution in [0.4, 0.5) is 5.95 Å². The predicted octanol–water partition coefficient (Wildman–Crippen LogP) is 0.189. The average molecular weight is 146 g/mol. The Bertz CT molecular complexity index is 289. The summed E-state index contributed by atoms with van der Waals surface area (Å²) in [4.78, 5) is 9.85. The Morgan fingerprint density at radius 1 is 1.55 bits per heavy atom. The van der Waals surface area contributed by atoms with Gasteiger partial charge in [0.25, 0.3) is 0 Å². The molecule has 1 aromatic heterocycles. The Hall–Kier alpha value is -1.63. The minimum absolute atomic E-state index is 0.00241. The first-order valence-electron chi connectivity index (χ1n) is 3.35. The van der Waals surface area contributed by atoms with E-state index < -0.39 is 0 Å². The maximum absolute atomic E-state index is 8.49. The second kappa shape index (κ2) is 2.20. The first-order chi connectivity index (χ1) is 5.42. The van der Waals surface area contributed by atoms with Crippen molar-refractivity contribution in [3.63, 3.8) is 0 Å². The summed E-state index contributed by atoms with van der Waals surface area (Å²) in [5.41, 5.74) is 0. The standard InChI is InChI=1S/C7H6N4/c8-4-6-5-11(6)7-9-2-1-3-10-7/h1-3,6H,5H2. The van der Waals surface area contributed by atoms with Gasteiger partial charge in [-0.05, 0) is 6.07 Å². The molecule has 11 heavy (non-hydrogen) atoms. The molecule has 0 saturated carbocycles. The van der Waals surface area contributed by atoms with Crippen molar-refractivity contribution >= 4 is 5.95 Å². The van der Waals surface area contributed by atoms with Gasteiger partial charge < -0.3 is 4.90 Å². The van der Waals surface area contributed by atoms with Gasteiger partial charge in [-0.1, -0.05) is 0 Å². The zero-order chi connectivity index (χ0) is 7.68. The summed E-state index contributed by atoms with van der Waals surface area (Å²) in [6.45, 7) is 0.764. The number of hydrogen-bond donors (Lipinski definition) is 0. The van der Waals surface area contributed by atoms with Gasteiger partial charge in [-0.2, -0.15) is 5.26 Å².